The van der Waals surface area contributed by atoms with Crippen LogP contribution in [-0.4, -0.2) is 25.3 Å². The molecule has 0 aromatic heterocycles. The highest BCUT2D eigenvalue weighted by atomic mass is 32.2. The van der Waals surface area contributed by atoms with Crippen LogP contribution in [0.4, 0.5) is 5.69 Å². The Bertz CT molecular complexity index is 414. The third kappa shape index (κ3) is 5.39. The Balaban J connectivity index is 2.32. The standard InChI is InChI=1S/C10H15NO3S/c1-9-4-2-5-10(8-9)11-6-3-7-15(12,13)14/h2,4-5,8,11H,3,6-7H2,1H3,(H,12,13,14)/p+1. The van der Waals surface area contributed by atoms with Crippen molar-refractivity contribution < 1.29 is 13.0 Å². The molecule has 1 aromatic rings. The second-order valence-electron chi connectivity index (χ2n) is 3.46. The first kappa shape index (κ1) is 12.0. The molecule has 0 fully saturated rings. The molecular weight excluding hydrogens is 214 g/mol. The highest BCUT2D eigenvalue weighted by Gasteiger charge is 2.09. The van der Waals surface area contributed by atoms with Crippen LogP contribution < -0.4 is 5.32 Å². The summed E-state index contributed by atoms with van der Waals surface area (Å²) in [6, 6.07) is 7.87. The quantitative estimate of drug-likeness (QED) is 0.460. The van der Waals surface area contributed by atoms with E-state index in [1.165, 1.54) is 0 Å². The molecule has 15 heavy (non-hydrogen) atoms. The van der Waals surface area contributed by atoms with Crippen molar-refractivity contribution in [3.05, 3.63) is 29.8 Å². The van der Waals surface area contributed by atoms with E-state index in [0.29, 0.717) is 13.0 Å². The maximum absolute atomic E-state index is 10.5. The summed E-state index contributed by atoms with van der Waals surface area (Å²) in [5.41, 5.74) is 2.14. The molecule has 0 aliphatic heterocycles. The van der Waals surface area contributed by atoms with Gasteiger partial charge >= 0.3 is 10.1 Å². The number of hydrogen-bond acceptors (Lipinski definition) is 2. The summed E-state index contributed by atoms with van der Waals surface area (Å²) in [7, 11) is -3.58. The van der Waals surface area contributed by atoms with Crippen LogP contribution in [0.5, 0.6) is 0 Å². The number of anilines is 1. The normalized spacial score (nSPS) is 14.5. The van der Waals surface area contributed by atoms with E-state index in [2.05, 4.69) is 5.32 Å². The molecule has 0 aliphatic rings. The van der Waals surface area contributed by atoms with E-state index in [9.17, 15) is 4.21 Å². The van der Waals surface area contributed by atoms with Gasteiger partial charge < -0.3 is 5.32 Å². The molecule has 0 amide bonds. The molecule has 0 aliphatic carbocycles. The summed E-state index contributed by atoms with van der Waals surface area (Å²) in [4.78, 5) is 0. The van der Waals surface area contributed by atoms with Crippen molar-refractivity contribution in [1.82, 2.24) is 0 Å². The monoisotopic (exact) mass is 230 g/mol. The van der Waals surface area contributed by atoms with E-state index in [0.717, 1.165) is 11.3 Å². The molecule has 0 radical (unpaired) electrons. The van der Waals surface area contributed by atoms with Crippen molar-refractivity contribution in [3.63, 3.8) is 0 Å². The van der Waals surface area contributed by atoms with Crippen LogP contribution in [0.3, 0.4) is 0 Å². The predicted octanol–water partition coefficient (Wildman–Crippen LogP) is 1.84. The van der Waals surface area contributed by atoms with Gasteiger partial charge in [-0.3, -0.25) is 0 Å². The van der Waals surface area contributed by atoms with Crippen LogP contribution in [0.15, 0.2) is 24.3 Å². The van der Waals surface area contributed by atoms with Gasteiger partial charge in [0.1, 0.15) is 5.75 Å². The molecule has 0 heterocycles. The Labute approximate surface area is 90.1 Å². The lowest BCUT2D eigenvalue weighted by Gasteiger charge is -2.05. The maximum Gasteiger partial charge on any atom is 0.402 e. The minimum absolute atomic E-state index is 0.0915. The van der Waals surface area contributed by atoms with E-state index in [1.54, 1.807) is 0 Å². The van der Waals surface area contributed by atoms with E-state index in [-0.39, 0.29) is 5.75 Å². The zero-order valence-corrected chi connectivity index (χ0v) is 9.46. The Morgan fingerprint density at radius 2 is 2.27 bits per heavy atom. The Morgan fingerprint density at radius 1 is 1.53 bits per heavy atom. The Hall–Kier alpha value is -1.07. The lowest BCUT2D eigenvalue weighted by molar-refractivity contribution is 0.492. The maximum atomic E-state index is 10.5. The van der Waals surface area contributed by atoms with Gasteiger partial charge in [-0.05, 0) is 31.0 Å². The smallest absolute Gasteiger partial charge is 0.385 e. The molecule has 1 unspecified atom stereocenters. The summed E-state index contributed by atoms with van der Waals surface area (Å²) >= 11 is 0. The number of hydrogen-bond donors (Lipinski definition) is 2. The highest BCUT2D eigenvalue weighted by Crippen LogP contribution is 2.09. The van der Waals surface area contributed by atoms with Crippen LogP contribution in [0.2, 0.25) is 0 Å². The number of nitrogens with one attached hydrogen (secondary N) is 1. The van der Waals surface area contributed by atoms with Crippen LogP contribution >= 0.6 is 0 Å². The van der Waals surface area contributed by atoms with E-state index in [4.69, 9.17) is 8.76 Å². The summed E-state index contributed by atoms with van der Waals surface area (Å²) in [6.45, 7) is 2.57. The zero-order chi connectivity index (χ0) is 11.3. The second kappa shape index (κ2) is 5.14. The molecule has 0 spiro atoms. The third-order valence-corrected chi connectivity index (χ3v) is 2.75. The van der Waals surface area contributed by atoms with Crippen LogP contribution in [0.1, 0.15) is 12.0 Å². The molecule has 5 heteroatoms. The fourth-order valence-corrected chi connectivity index (χ4v) is 1.77. The van der Waals surface area contributed by atoms with Crippen molar-refractivity contribution in [2.24, 2.45) is 0 Å². The molecule has 3 N–H and O–H groups in total. The summed E-state index contributed by atoms with van der Waals surface area (Å²) in [5, 5.41) is 3.11. The molecule has 0 bridgehead atoms. The van der Waals surface area contributed by atoms with Gasteiger partial charge in [0.25, 0.3) is 0 Å². The van der Waals surface area contributed by atoms with Gasteiger partial charge in [-0.25, -0.2) is 8.76 Å². The van der Waals surface area contributed by atoms with Gasteiger partial charge in [0.2, 0.25) is 0 Å². The SMILES string of the molecule is Cc1cccc(NCCCS(=O)(O)=[OH+])c1. The molecule has 0 saturated carbocycles. The fourth-order valence-electron chi connectivity index (χ4n) is 1.25. The minimum atomic E-state index is -3.58. The van der Waals surface area contributed by atoms with Gasteiger partial charge in [0.15, 0.2) is 0 Å². The predicted molar refractivity (Wildman–Crippen MR) is 61.9 cm³/mol. The molecule has 4 nitrogen and oxygen atoms in total. The first-order valence-electron chi connectivity index (χ1n) is 4.75. The van der Waals surface area contributed by atoms with E-state index >= 15 is 0 Å². The van der Waals surface area contributed by atoms with Crippen LogP contribution in [0, 0.1) is 6.92 Å². The molecule has 1 rings (SSSR count). The molecule has 1 aromatic carbocycles. The van der Waals surface area contributed by atoms with Crippen LogP contribution in [-0.2, 0) is 10.1 Å². The average molecular weight is 230 g/mol. The van der Waals surface area contributed by atoms with Crippen molar-refractivity contribution in [2.45, 2.75) is 13.3 Å². The molecule has 1 atom stereocenters. The Kier molecular flexibility index (Phi) is 4.11. The van der Waals surface area contributed by atoms with E-state index < -0.39 is 10.1 Å². The third-order valence-electron chi connectivity index (χ3n) is 1.93. The zero-order valence-electron chi connectivity index (χ0n) is 8.64. The summed E-state index contributed by atoms with van der Waals surface area (Å²) < 4.78 is 27.8. The Morgan fingerprint density at radius 3 is 2.87 bits per heavy atom. The first-order chi connectivity index (χ1) is 6.97. The van der Waals surface area contributed by atoms with Crippen molar-refractivity contribution in [1.29, 1.82) is 0 Å². The number of rotatable bonds is 5. The van der Waals surface area contributed by atoms with Crippen LogP contribution in [0.25, 0.3) is 0 Å². The molecule has 0 saturated heterocycles. The van der Waals surface area contributed by atoms with Crippen molar-refractivity contribution >= 4 is 15.8 Å². The van der Waals surface area contributed by atoms with E-state index in [1.807, 2.05) is 31.2 Å². The number of benzene rings is 1. The fraction of sp³-hybridized carbons (Fsp3) is 0.400. The number of aryl methyl sites for hydroxylation is 1. The first-order valence-corrected chi connectivity index (χ1v) is 6.39. The van der Waals surface area contributed by atoms with Gasteiger partial charge in [0, 0.05) is 12.2 Å². The summed E-state index contributed by atoms with van der Waals surface area (Å²) in [5.74, 6) is -0.0915. The van der Waals surface area contributed by atoms with Gasteiger partial charge in [-0.1, -0.05) is 12.1 Å². The lowest BCUT2D eigenvalue weighted by atomic mass is 10.2. The highest BCUT2D eigenvalue weighted by molar-refractivity contribution is 7.85. The van der Waals surface area contributed by atoms with Crippen molar-refractivity contribution in [3.8, 4) is 0 Å². The molecular formula is C10H16NO3S+. The average Bonchev–Trinajstić information content (AvgIpc) is 2.11. The van der Waals surface area contributed by atoms with Gasteiger partial charge in [-0.2, -0.15) is 4.21 Å². The summed E-state index contributed by atoms with van der Waals surface area (Å²) in [6.07, 6.45) is 0.458. The van der Waals surface area contributed by atoms with Gasteiger partial charge in [-0.15, -0.1) is 0 Å². The van der Waals surface area contributed by atoms with Crippen molar-refractivity contribution in [2.75, 3.05) is 17.6 Å². The minimum Gasteiger partial charge on any atom is -0.385 e. The lowest BCUT2D eigenvalue weighted by Crippen LogP contribution is -2.09. The van der Waals surface area contributed by atoms with Gasteiger partial charge in [0.05, 0.1) is 0 Å². The second-order valence-corrected chi connectivity index (χ2v) is 5.08. The largest absolute Gasteiger partial charge is 0.402 e. The topological polar surface area (TPSA) is 70.7 Å². The molecule has 84 valence electrons.